The zero-order chi connectivity index (χ0) is 14.7. The van der Waals surface area contributed by atoms with Gasteiger partial charge in [-0.3, -0.25) is 4.48 Å². The van der Waals surface area contributed by atoms with Crippen molar-refractivity contribution in [2.45, 2.75) is 12.7 Å². The van der Waals surface area contributed by atoms with Crippen LogP contribution in [0.1, 0.15) is 11.1 Å². The van der Waals surface area contributed by atoms with Crippen molar-refractivity contribution in [3.63, 3.8) is 0 Å². The Morgan fingerprint density at radius 2 is 1.33 bits per heavy atom. The first-order valence-corrected chi connectivity index (χ1v) is 7.10. The van der Waals surface area contributed by atoms with Crippen LogP contribution < -0.4 is 0 Å². The third-order valence-electron chi connectivity index (χ3n) is 4.50. The molecule has 7 heteroatoms. The Bertz CT molecular complexity index is 505. The van der Waals surface area contributed by atoms with E-state index in [4.69, 9.17) is 0 Å². The zero-order valence-electron chi connectivity index (χ0n) is 11.7. The topological polar surface area (TPSA) is 9.72 Å². The lowest BCUT2D eigenvalue weighted by Gasteiger charge is -2.60. The van der Waals surface area contributed by atoms with Crippen LogP contribution in [-0.4, -0.2) is 59.2 Å². The third kappa shape index (κ3) is 2.44. The average molecular weight is 299 g/mol. The van der Waals surface area contributed by atoms with Crippen LogP contribution in [-0.2, 0) is 12.7 Å². The molecule has 0 aromatic heterocycles. The number of benzene rings is 1. The molecule has 0 atom stereocenters. The molecule has 4 saturated heterocycles. The van der Waals surface area contributed by atoms with E-state index in [1.807, 2.05) is 0 Å². The Balaban J connectivity index is 1.53. The fraction of sp³-hybridized carbons (Fsp3) is 0.571. The molecule has 4 bridgehead atoms. The number of hydrogen-bond acceptors (Lipinski definition) is 3. The van der Waals surface area contributed by atoms with Crippen LogP contribution in [0, 0.1) is 0 Å². The Morgan fingerprint density at radius 1 is 0.857 bits per heavy atom. The van der Waals surface area contributed by atoms with Crippen LogP contribution in [0.2, 0.25) is 0 Å². The predicted octanol–water partition coefficient (Wildman–Crippen LogP) is 1.71. The molecule has 0 saturated carbocycles. The van der Waals surface area contributed by atoms with E-state index in [1.54, 1.807) is 12.1 Å². The summed E-state index contributed by atoms with van der Waals surface area (Å²) >= 11 is 0. The first-order chi connectivity index (χ1) is 9.92. The van der Waals surface area contributed by atoms with Gasteiger partial charge in [-0.2, -0.15) is 13.2 Å². The normalized spacial score (nSPS) is 38.0. The molecular weight excluding hydrogens is 281 g/mol. The van der Waals surface area contributed by atoms with Gasteiger partial charge in [-0.25, -0.2) is 14.7 Å². The zero-order valence-corrected chi connectivity index (χ0v) is 11.7. The fourth-order valence-electron chi connectivity index (χ4n) is 3.99. The van der Waals surface area contributed by atoms with E-state index in [9.17, 15) is 13.2 Å². The molecule has 5 rings (SSSR count). The lowest BCUT2D eigenvalue weighted by atomic mass is 10.1. The lowest BCUT2D eigenvalue weighted by molar-refractivity contribution is -0.991. The molecule has 1 aromatic rings. The fourth-order valence-corrected chi connectivity index (χ4v) is 3.99. The van der Waals surface area contributed by atoms with Crippen LogP contribution >= 0.6 is 0 Å². The molecule has 0 spiro atoms. The van der Waals surface area contributed by atoms with Crippen molar-refractivity contribution in [3.05, 3.63) is 35.4 Å². The molecule has 4 fully saturated rings. The average Bonchev–Trinajstić information content (AvgIpc) is 2.35. The number of alkyl halides is 3. The minimum absolute atomic E-state index is 0.569. The third-order valence-corrected chi connectivity index (χ3v) is 4.50. The van der Waals surface area contributed by atoms with Crippen molar-refractivity contribution in [2.24, 2.45) is 0 Å². The summed E-state index contributed by atoms with van der Waals surface area (Å²) in [5, 5.41) is 0. The van der Waals surface area contributed by atoms with Crippen LogP contribution in [0.5, 0.6) is 0 Å². The van der Waals surface area contributed by atoms with Crippen molar-refractivity contribution in [1.82, 2.24) is 14.7 Å². The molecule has 4 aliphatic heterocycles. The van der Waals surface area contributed by atoms with Gasteiger partial charge in [0, 0.05) is 5.56 Å². The molecule has 114 valence electrons. The van der Waals surface area contributed by atoms with Gasteiger partial charge in [0.05, 0.1) is 25.6 Å². The highest BCUT2D eigenvalue weighted by Gasteiger charge is 2.48. The van der Waals surface area contributed by atoms with Gasteiger partial charge in [0.2, 0.25) is 0 Å². The van der Waals surface area contributed by atoms with Crippen LogP contribution in [0.15, 0.2) is 24.3 Å². The monoisotopic (exact) mass is 299 g/mol. The minimum Gasteiger partial charge on any atom is -0.282 e. The number of halogens is 3. The Hall–Kier alpha value is -1.15. The van der Waals surface area contributed by atoms with Crippen LogP contribution in [0.25, 0.3) is 0 Å². The quantitative estimate of drug-likeness (QED) is 0.770. The van der Waals surface area contributed by atoms with Gasteiger partial charge in [-0.15, -0.1) is 0 Å². The van der Waals surface area contributed by atoms with Crippen molar-refractivity contribution >= 4 is 0 Å². The van der Waals surface area contributed by atoms with E-state index < -0.39 is 11.7 Å². The van der Waals surface area contributed by atoms with Crippen molar-refractivity contribution in [1.29, 1.82) is 0 Å². The summed E-state index contributed by atoms with van der Waals surface area (Å²) in [4.78, 5) is 7.21. The molecule has 0 unspecified atom stereocenters. The molecule has 0 radical (unpaired) electrons. The Morgan fingerprint density at radius 3 is 1.76 bits per heavy atom. The summed E-state index contributed by atoms with van der Waals surface area (Å²) in [5.74, 6) is 0. The van der Waals surface area contributed by atoms with Gasteiger partial charge in [0.15, 0.2) is 0 Å². The highest BCUT2D eigenvalue weighted by Crippen LogP contribution is 2.32. The highest BCUT2D eigenvalue weighted by molar-refractivity contribution is 5.24. The molecule has 4 aliphatic rings. The maximum absolute atomic E-state index is 12.6. The predicted molar refractivity (Wildman–Crippen MR) is 70.1 cm³/mol. The van der Waals surface area contributed by atoms with E-state index in [2.05, 4.69) is 14.7 Å². The van der Waals surface area contributed by atoms with E-state index in [0.717, 1.165) is 56.6 Å². The van der Waals surface area contributed by atoms with E-state index in [1.165, 1.54) is 12.1 Å². The van der Waals surface area contributed by atoms with E-state index in [-0.39, 0.29) is 0 Å². The smallest absolute Gasteiger partial charge is 0.282 e. The molecule has 21 heavy (non-hydrogen) atoms. The first-order valence-electron chi connectivity index (χ1n) is 7.10. The molecule has 0 aliphatic carbocycles. The maximum Gasteiger partial charge on any atom is 0.416 e. The van der Waals surface area contributed by atoms with Crippen molar-refractivity contribution in [2.75, 3.05) is 40.0 Å². The van der Waals surface area contributed by atoms with Crippen molar-refractivity contribution in [3.8, 4) is 0 Å². The first kappa shape index (κ1) is 13.5. The van der Waals surface area contributed by atoms with Crippen LogP contribution in [0.4, 0.5) is 13.2 Å². The van der Waals surface area contributed by atoms with Gasteiger partial charge >= 0.3 is 6.18 Å². The largest absolute Gasteiger partial charge is 0.416 e. The highest BCUT2D eigenvalue weighted by atomic mass is 19.4. The number of rotatable bonds is 2. The van der Waals surface area contributed by atoms with E-state index in [0.29, 0.717) is 0 Å². The van der Waals surface area contributed by atoms with E-state index >= 15 is 0 Å². The lowest BCUT2D eigenvalue weighted by Crippen LogP contribution is -2.78. The number of nitrogens with zero attached hydrogens (tertiary/aromatic N) is 4. The summed E-state index contributed by atoms with van der Waals surface area (Å²) in [7, 11) is 0. The Kier molecular flexibility index (Phi) is 2.85. The van der Waals surface area contributed by atoms with Gasteiger partial charge in [-0.05, 0) is 12.1 Å². The Labute approximate surface area is 121 Å². The molecule has 1 aromatic carbocycles. The van der Waals surface area contributed by atoms with Crippen LogP contribution in [0.3, 0.4) is 0 Å². The second-order valence-corrected chi connectivity index (χ2v) is 6.56. The summed E-state index contributed by atoms with van der Waals surface area (Å²) in [6.07, 6.45) is -4.25. The standard InChI is InChI=1S/C14H18F3N4/c15-14(16,17)13-3-1-12(2-4-13)5-21-9-18-6-19(10-21)8-20(7-18)11-21/h1-4H,5-11H2/q+1. The molecular formula is C14H18F3N4+. The number of quaternary nitrogens is 1. The maximum atomic E-state index is 12.6. The van der Waals surface area contributed by atoms with Gasteiger partial charge < -0.3 is 0 Å². The molecule has 4 nitrogen and oxygen atoms in total. The second kappa shape index (κ2) is 4.42. The SMILES string of the molecule is FC(F)(F)c1ccc(C[N+]23CN4CN(CN(C4)C2)C3)cc1. The summed E-state index contributed by atoms with van der Waals surface area (Å²) in [6.45, 7) is 6.83. The summed E-state index contributed by atoms with van der Waals surface area (Å²) in [5.41, 5.74) is 0.411. The molecule has 4 heterocycles. The molecule has 0 N–H and O–H groups in total. The summed E-state index contributed by atoms with van der Waals surface area (Å²) in [6, 6.07) is 5.64. The minimum atomic E-state index is -4.25. The van der Waals surface area contributed by atoms with Gasteiger partial charge in [0.1, 0.15) is 26.6 Å². The van der Waals surface area contributed by atoms with Gasteiger partial charge in [-0.1, -0.05) is 12.1 Å². The summed E-state index contributed by atoms with van der Waals surface area (Å²) < 4.78 is 38.7. The number of hydrogen-bond donors (Lipinski definition) is 0. The molecule has 0 amide bonds. The van der Waals surface area contributed by atoms with Crippen molar-refractivity contribution < 1.29 is 17.7 Å². The second-order valence-electron chi connectivity index (χ2n) is 6.56. The van der Waals surface area contributed by atoms with Gasteiger partial charge in [0.25, 0.3) is 0 Å².